The summed E-state index contributed by atoms with van der Waals surface area (Å²) in [4.78, 5) is 23.9. The molecule has 17 heteroatoms. The molecule has 0 bridgehead atoms. The van der Waals surface area contributed by atoms with E-state index in [9.17, 15) is 13.2 Å². The predicted octanol–water partition coefficient (Wildman–Crippen LogP) is 4.71. The molecule has 4 N–H and O–H groups in total. The molecule has 4 heterocycles. The van der Waals surface area contributed by atoms with Crippen LogP contribution in [-0.4, -0.2) is 56.8 Å². The first-order chi connectivity index (χ1) is 24.8. The normalized spacial score (nSPS) is 10.9. The number of carbonyl (C=O) groups excluding carboxylic acids is 1. The Hall–Kier alpha value is -6.85. The first-order valence-electron chi connectivity index (χ1n) is 15.0. The number of sulfonamides is 1. The van der Waals surface area contributed by atoms with Crippen molar-refractivity contribution in [2.75, 3.05) is 11.8 Å². The molecule has 7 rings (SSSR count). The van der Waals surface area contributed by atoms with Crippen LogP contribution in [0.3, 0.4) is 0 Å². The number of hydrogen-bond donors (Lipinski definition) is 3. The fraction of sp³-hybridized carbons (Fsp3) is 0.0588. The Morgan fingerprint density at radius 3 is 1.82 bits per heavy atom. The minimum Gasteiger partial charge on any atom is -0.478 e. The molecule has 0 saturated heterocycles. The molecule has 4 aromatic heterocycles. The number of anilines is 1. The van der Waals surface area contributed by atoms with Crippen LogP contribution >= 0.6 is 0 Å². The molecule has 0 aliphatic heterocycles. The van der Waals surface area contributed by atoms with Crippen molar-refractivity contribution in [1.82, 2.24) is 40.8 Å². The summed E-state index contributed by atoms with van der Waals surface area (Å²) in [6, 6.07) is 25.0. The van der Waals surface area contributed by atoms with Crippen LogP contribution in [0.1, 0.15) is 16.1 Å². The molecule has 7 aromatic rings. The van der Waals surface area contributed by atoms with E-state index >= 15 is 0 Å². The number of nitrogens with one attached hydrogen (secondary N) is 2. The maximum absolute atomic E-state index is 13.0. The second-order valence-corrected chi connectivity index (χ2v) is 12.2. The van der Waals surface area contributed by atoms with E-state index in [0.717, 1.165) is 22.3 Å². The lowest BCUT2D eigenvalue weighted by atomic mass is 10.0. The first-order valence-corrected chi connectivity index (χ1v) is 16.4. The van der Waals surface area contributed by atoms with E-state index in [0.29, 0.717) is 28.6 Å². The van der Waals surface area contributed by atoms with Crippen molar-refractivity contribution in [3.8, 4) is 51.2 Å². The first kappa shape index (κ1) is 34.0. The largest absolute Gasteiger partial charge is 0.478 e. The smallest absolute Gasteiger partial charge is 0.265 e. The Balaban J connectivity index is 0.000000182. The number of methoxy groups -OCH3 is 1. The second kappa shape index (κ2) is 15.1. The Morgan fingerprint density at radius 1 is 0.765 bits per heavy atom. The lowest BCUT2D eigenvalue weighted by Gasteiger charge is -2.13. The molecule has 0 spiro atoms. The molecular formula is C34H28N10O6S. The summed E-state index contributed by atoms with van der Waals surface area (Å²) < 4.78 is 43.9. The lowest BCUT2D eigenvalue weighted by Crippen LogP contribution is -2.29. The molecule has 16 nitrogen and oxygen atoms in total. The molecule has 0 saturated carbocycles. The highest BCUT2D eigenvalue weighted by atomic mass is 32.2. The fourth-order valence-electron chi connectivity index (χ4n) is 4.74. The third-order valence-electron chi connectivity index (χ3n) is 7.21. The molecule has 256 valence electrons. The van der Waals surface area contributed by atoms with E-state index in [2.05, 4.69) is 40.1 Å². The highest BCUT2D eigenvalue weighted by Gasteiger charge is 2.23. The van der Waals surface area contributed by atoms with E-state index in [1.54, 1.807) is 19.1 Å². The van der Waals surface area contributed by atoms with Crippen molar-refractivity contribution in [3.05, 3.63) is 121 Å². The quantitative estimate of drug-likeness (QED) is 0.105. The number of hydrazine groups is 1. The van der Waals surface area contributed by atoms with Crippen molar-refractivity contribution in [2.24, 2.45) is 5.84 Å². The summed E-state index contributed by atoms with van der Waals surface area (Å²) in [7, 11) is -2.69. The number of pyridine rings is 1. The van der Waals surface area contributed by atoms with E-state index in [4.69, 9.17) is 19.4 Å². The van der Waals surface area contributed by atoms with Crippen molar-refractivity contribution in [2.45, 2.75) is 11.8 Å². The van der Waals surface area contributed by atoms with Crippen LogP contribution in [0.5, 0.6) is 5.88 Å². The molecule has 0 fully saturated rings. The standard InChI is InChI=1S/C18H18N6O4S.C16H10N4O2/c1-11-10-21-16(18(22-11)28-2)24-29(26,27)14-4-3-9-20-15(14)12-5-7-13(8-6-12)17(25)23-19;1-5-13(15-19-17-9-21-15)6-2-11(1)12-3-7-14(8-4-12)16-20-18-10-22-16/h3-10H,19H2,1-2H3,(H,21,24)(H,23,25);1-10H. The van der Waals surface area contributed by atoms with Gasteiger partial charge in [0, 0.05) is 28.5 Å². The van der Waals surface area contributed by atoms with Gasteiger partial charge in [-0.05, 0) is 66.6 Å². The number of carbonyl (C=O) groups is 1. The number of nitrogen functional groups attached to an aromatic ring is 1. The van der Waals surface area contributed by atoms with Crippen LogP contribution < -0.4 is 20.7 Å². The van der Waals surface area contributed by atoms with Gasteiger partial charge in [-0.2, -0.15) is 0 Å². The zero-order valence-electron chi connectivity index (χ0n) is 27.0. The molecule has 3 aromatic carbocycles. The van der Waals surface area contributed by atoms with Gasteiger partial charge < -0.3 is 13.6 Å². The minimum atomic E-state index is -4.06. The van der Waals surface area contributed by atoms with Gasteiger partial charge in [0.05, 0.1) is 24.7 Å². The third-order valence-corrected chi connectivity index (χ3v) is 8.58. The Bertz CT molecular complexity index is 2260. The predicted molar refractivity (Wildman–Crippen MR) is 184 cm³/mol. The minimum absolute atomic E-state index is 0.0390. The van der Waals surface area contributed by atoms with Crippen molar-refractivity contribution >= 4 is 21.7 Å². The van der Waals surface area contributed by atoms with Crippen molar-refractivity contribution < 1.29 is 26.8 Å². The highest BCUT2D eigenvalue weighted by molar-refractivity contribution is 7.92. The van der Waals surface area contributed by atoms with E-state index in [1.165, 1.54) is 56.6 Å². The number of rotatable bonds is 9. The van der Waals surface area contributed by atoms with Gasteiger partial charge in [-0.1, -0.05) is 36.4 Å². The van der Waals surface area contributed by atoms with Gasteiger partial charge in [0.25, 0.3) is 21.8 Å². The zero-order valence-corrected chi connectivity index (χ0v) is 27.8. The number of hydrogen-bond acceptors (Lipinski definition) is 14. The van der Waals surface area contributed by atoms with Crippen LogP contribution in [0.2, 0.25) is 0 Å². The summed E-state index contributed by atoms with van der Waals surface area (Å²) in [5, 5.41) is 15.1. The molecule has 0 atom stereocenters. The molecule has 0 aliphatic carbocycles. The summed E-state index contributed by atoms with van der Waals surface area (Å²) in [6.07, 6.45) is 5.53. The van der Waals surface area contributed by atoms with Gasteiger partial charge in [-0.3, -0.25) is 19.9 Å². The van der Waals surface area contributed by atoms with Gasteiger partial charge in [0.2, 0.25) is 30.4 Å². The van der Waals surface area contributed by atoms with Crippen LogP contribution in [0.4, 0.5) is 5.82 Å². The third kappa shape index (κ3) is 7.90. The van der Waals surface area contributed by atoms with Crippen LogP contribution in [-0.2, 0) is 10.0 Å². The lowest BCUT2D eigenvalue weighted by molar-refractivity contribution is 0.0953. The number of aromatic nitrogens is 7. The maximum atomic E-state index is 13.0. The summed E-state index contributed by atoms with van der Waals surface area (Å²) in [5.41, 5.74) is 7.63. The summed E-state index contributed by atoms with van der Waals surface area (Å²) in [6.45, 7) is 1.71. The van der Waals surface area contributed by atoms with E-state index in [-0.39, 0.29) is 22.3 Å². The highest BCUT2D eigenvalue weighted by Crippen LogP contribution is 2.29. The number of aryl methyl sites for hydroxylation is 1. The zero-order chi connectivity index (χ0) is 35.8. The SMILES string of the molecule is COc1nc(C)cnc1NS(=O)(=O)c1cccnc1-c1ccc(C(=O)NN)cc1.c1nnc(-c2ccc(-c3ccc(-c4nnco4)cc3)cc2)o1. The van der Waals surface area contributed by atoms with Crippen molar-refractivity contribution in [1.29, 1.82) is 0 Å². The molecule has 0 unspecified atom stereocenters. The fourth-order valence-corrected chi connectivity index (χ4v) is 5.93. The van der Waals surface area contributed by atoms with Crippen LogP contribution in [0.25, 0.3) is 45.3 Å². The number of nitrogens with two attached hydrogens (primary N) is 1. The maximum Gasteiger partial charge on any atom is 0.265 e. The Morgan fingerprint density at radius 2 is 1.31 bits per heavy atom. The molecule has 51 heavy (non-hydrogen) atoms. The molecule has 0 radical (unpaired) electrons. The molecular weight excluding hydrogens is 677 g/mol. The number of benzene rings is 3. The van der Waals surface area contributed by atoms with E-state index < -0.39 is 15.9 Å². The van der Waals surface area contributed by atoms with Crippen LogP contribution in [0, 0.1) is 6.92 Å². The average Bonchev–Trinajstić information content (AvgIpc) is 3.92. The topological polar surface area (TPSA) is 227 Å². The van der Waals surface area contributed by atoms with E-state index in [1.807, 2.05) is 54.0 Å². The summed E-state index contributed by atoms with van der Waals surface area (Å²) in [5.74, 6) is 5.70. The van der Waals surface area contributed by atoms with Crippen LogP contribution in [0.15, 0.2) is 124 Å². The average molecular weight is 705 g/mol. The monoisotopic (exact) mass is 704 g/mol. The number of ether oxygens (including phenoxy) is 1. The Kier molecular flexibility index (Phi) is 10.1. The molecule has 0 aliphatic rings. The van der Waals surface area contributed by atoms with Gasteiger partial charge >= 0.3 is 0 Å². The van der Waals surface area contributed by atoms with Gasteiger partial charge in [0.1, 0.15) is 4.90 Å². The second-order valence-electron chi connectivity index (χ2n) is 10.5. The summed E-state index contributed by atoms with van der Waals surface area (Å²) >= 11 is 0. The van der Waals surface area contributed by atoms with Gasteiger partial charge in [0.15, 0.2) is 0 Å². The Labute approximate surface area is 290 Å². The van der Waals surface area contributed by atoms with Crippen molar-refractivity contribution in [3.63, 3.8) is 0 Å². The van der Waals surface area contributed by atoms with Gasteiger partial charge in [-0.15, -0.1) is 20.4 Å². The number of nitrogens with zero attached hydrogens (tertiary/aromatic N) is 7. The van der Waals surface area contributed by atoms with Gasteiger partial charge in [-0.25, -0.2) is 24.2 Å². The number of amides is 1. The molecule has 1 amide bonds.